The summed E-state index contributed by atoms with van der Waals surface area (Å²) in [6, 6.07) is 0. The fraction of sp³-hybridized carbons (Fsp3) is 0.545. The van der Waals surface area contributed by atoms with Crippen LogP contribution in [0.15, 0.2) is 0 Å². The number of hydrogen-bond donors (Lipinski definition) is 5. The van der Waals surface area contributed by atoms with Crippen molar-refractivity contribution in [3.8, 4) is 0 Å². The van der Waals surface area contributed by atoms with E-state index in [1.54, 1.807) is 0 Å². The van der Waals surface area contributed by atoms with Gasteiger partial charge in [0.15, 0.2) is 5.41 Å². The van der Waals surface area contributed by atoms with Crippen molar-refractivity contribution in [3.05, 3.63) is 0 Å². The van der Waals surface area contributed by atoms with Gasteiger partial charge in [0.2, 0.25) is 0 Å². The summed E-state index contributed by atoms with van der Waals surface area (Å²) in [7, 11) is 0. The number of rotatable bonds is 9. The summed E-state index contributed by atoms with van der Waals surface area (Å²) in [5.41, 5.74) is -2.78. The molecule has 0 rings (SSSR count). The molecule has 0 aliphatic heterocycles. The van der Waals surface area contributed by atoms with Gasteiger partial charge in [0.25, 0.3) is 0 Å². The first-order chi connectivity index (χ1) is 9.44. The largest absolute Gasteiger partial charge is 0.481 e. The first kappa shape index (κ1) is 18.4. The molecule has 0 spiro atoms. The van der Waals surface area contributed by atoms with Crippen molar-refractivity contribution >= 4 is 29.8 Å². The Balaban J connectivity index is 5.64. The molecule has 0 aromatic heterocycles. The molecule has 5 N–H and O–H groups in total. The molecule has 0 aliphatic rings. The van der Waals surface area contributed by atoms with Crippen LogP contribution in [0.2, 0.25) is 0 Å². The summed E-state index contributed by atoms with van der Waals surface area (Å²) in [5.74, 6) is -12.8. The Morgan fingerprint density at radius 1 is 0.857 bits per heavy atom. The topological polar surface area (TPSA) is 186 Å². The Kier molecular flexibility index (Phi) is 5.84. The average Bonchev–Trinajstić information content (AvgIpc) is 2.31. The van der Waals surface area contributed by atoms with Gasteiger partial charge in [-0.05, 0) is 13.3 Å². The lowest BCUT2D eigenvalue weighted by Crippen LogP contribution is -2.47. The van der Waals surface area contributed by atoms with Gasteiger partial charge in [-0.3, -0.25) is 24.0 Å². The summed E-state index contributed by atoms with van der Waals surface area (Å²) in [6.45, 7) is 0.635. The van der Waals surface area contributed by atoms with Gasteiger partial charge in [0.1, 0.15) is 0 Å². The third kappa shape index (κ3) is 4.16. The van der Waals surface area contributed by atoms with E-state index in [2.05, 4.69) is 0 Å². The van der Waals surface area contributed by atoms with E-state index in [0.29, 0.717) is 6.92 Å². The fourth-order valence-corrected chi connectivity index (χ4v) is 1.74. The van der Waals surface area contributed by atoms with Crippen LogP contribution in [-0.2, 0) is 24.0 Å². The van der Waals surface area contributed by atoms with Gasteiger partial charge in [-0.1, -0.05) is 0 Å². The van der Waals surface area contributed by atoms with E-state index < -0.39 is 59.9 Å². The van der Waals surface area contributed by atoms with Crippen molar-refractivity contribution in [2.24, 2.45) is 17.3 Å². The van der Waals surface area contributed by atoms with Crippen molar-refractivity contribution in [2.75, 3.05) is 0 Å². The predicted octanol–water partition coefficient (Wildman–Crippen LogP) is -0.572. The molecule has 10 heteroatoms. The van der Waals surface area contributed by atoms with Gasteiger partial charge in [-0.2, -0.15) is 0 Å². The molecule has 0 aromatic rings. The van der Waals surface area contributed by atoms with Crippen LogP contribution in [-0.4, -0.2) is 55.4 Å². The Bertz CT molecular complexity index is 465. The second-order valence-corrected chi connectivity index (χ2v) is 4.57. The smallest absolute Gasteiger partial charge is 0.321 e. The summed E-state index contributed by atoms with van der Waals surface area (Å²) < 4.78 is 0. The molecule has 0 fully saturated rings. The molecule has 0 amide bonds. The van der Waals surface area contributed by atoms with Crippen LogP contribution in [0.1, 0.15) is 19.8 Å². The molecule has 0 aliphatic carbocycles. The zero-order chi connectivity index (χ0) is 17.0. The molecule has 0 saturated carbocycles. The molecular weight excluding hydrogens is 292 g/mol. The van der Waals surface area contributed by atoms with E-state index >= 15 is 0 Å². The van der Waals surface area contributed by atoms with Gasteiger partial charge in [0.05, 0.1) is 18.3 Å². The normalized spacial score (nSPS) is 14.0. The molecule has 21 heavy (non-hydrogen) atoms. The Hall–Kier alpha value is -2.65. The number of hydrogen-bond acceptors (Lipinski definition) is 5. The van der Waals surface area contributed by atoms with Crippen LogP contribution in [0, 0.1) is 17.3 Å². The minimum atomic E-state index is -2.78. The van der Waals surface area contributed by atoms with Gasteiger partial charge >= 0.3 is 29.8 Å². The number of aliphatic carboxylic acids is 5. The number of carboxylic acids is 5. The maximum atomic E-state index is 11.1. The second-order valence-electron chi connectivity index (χ2n) is 4.57. The molecule has 2 atom stereocenters. The van der Waals surface area contributed by atoms with E-state index in [0.717, 1.165) is 0 Å². The SMILES string of the molecule is CC(C(=O)O)(C(=O)O)C(CC(CC(=O)O)C(=O)O)C(=O)O. The Morgan fingerprint density at radius 3 is 1.52 bits per heavy atom. The van der Waals surface area contributed by atoms with E-state index in [1.165, 1.54) is 0 Å². The van der Waals surface area contributed by atoms with Crippen molar-refractivity contribution in [2.45, 2.75) is 19.8 Å². The van der Waals surface area contributed by atoms with Crippen molar-refractivity contribution in [1.29, 1.82) is 0 Å². The van der Waals surface area contributed by atoms with Crippen LogP contribution >= 0.6 is 0 Å². The second kappa shape index (κ2) is 6.68. The van der Waals surface area contributed by atoms with Crippen molar-refractivity contribution in [3.63, 3.8) is 0 Å². The molecule has 0 heterocycles. The highest BCUT2D eigenvalue weighted by Gasteiger charge is 2.53. The van der Waals surface area contributed by atoms with Crippen LogP contribution < -0.4 is 0 Å². The van der Waals surface area contributed by atoms with Gasteiger partial charge in [0, 0.05) is 0 Å². The van der Waals surface area contributed by atoms with Gasteiger partial charge < -0.3 is 25.5 Å². The average molecular weight is 306 g/mol. The Labute approximate surface area is 117 Å². The maximum Gasteiger partial charge on any atom is 0.321 e. The minimum absolute atomic E-state index is 0.635. The van der Waals surface area contributed by atoms with E-state index in [-0.39, 0.29) is 0 Å². The van der Waals surface area contributed by atoms with Crippen LogP contribution in [0.4, 0.5) is 0 Å². The third-order valence-corrected chi connectivity index (χ3v) is 3.17. The molecule has 0 bridgehead atoms. The van der Waals surface area contributed by atoms with E-state index in [4.69, 9.17) is 25.5 Å². The van der Waals surface area contributed by atoms with E-state index in [1.807, 2.05) is 0 Å². The predicted molar refractivity (Wildman–Crippen MR) is 62.5 cm³/mol. The van der Waals surface area contributed by atoms with Gasteiger partial charge in [-0.15, -0.1) is 0 Å². The Morgan fingerprint density at radius 2 is 1.29 bits per heavy atom. The quantitative estimate of drug-likeness (QED) is 0.345. The molecule has 0 radical (unpaired) electrons. The number of carboxylic acid groups (broad SMARTS) is 5. The lowest BCUT2D eigenvalue weighted by Gasteiger charge is -2.28. The highest BCUT2D eigenvalue weighted by molar-refractivity contribution is 6.02. The molecule has 10 nitrogen and oxygen atoms in total. The van der Waals surface area contributed by atoms with Crippen LogP contribution in [0.25, 0.3) is 0 Å². The molecule has 2 unspecified atom stereocenters. The summed E-state index contributed by atoms with van der Waals surface area (Å²) in [5, 5.41) is 44.3. The maximum absolute atomic E-state index is 11.1. The zero-order valence-corrected chi connectivity index (χ0v) is 10.8. The highest BCUT2D eigenvalue weighted by atomic mass is 16.4. The van der Waals surface area contributed by atoms with Crippen LogP contribution in [0.3, 0.4) is 0 Å². The summed E-state index contributed by atoms with van der Waals surface area (Å²) in [6.07, 6.45) is -1.89. The monoisotopic (exact) mass is 306 g/mol. The molecular formula is C11H14O10. The lowest BCUT2D eigenvalue weighted by atomic mass is 9.72. The molecule has 0 aromatic carbocycles. The minimum Gasteiger partial charge on any atom is -0.481 e. The number of carbonyl (C=O) groups is 5. The zero-order valence-electron chi connectivity index (χ0n) is 10.8. The fourth-order valence-electron chi connectivity index (χ4n) is 1.74. The first-order valence-corrected chi connectivity index (χ1v) is 5.58. The summed E-state index contributed by atoms with van der Waals surface area (Å²) in [4.78, 5) is 54.7. The lowest BCUT2D eigenvalue weighted by molar-refractivity contribution is -0.176. The molecule has 118 valence electrons. The van der Waals surface area contributed by atoms with Crippen molar-refractivity contribution < 1.29 is 49.5 Å². The summed E-state index contributed by atoms with van der Waals surface area (Å²) >= 11 is 0. The standard InChI is InChI=1S/C11H14O10/c1-11(9(18)19,10(20)21)5(8(16)17)2-4(7(14)15)3-6(12)13/h4-5H,2-3H2,1H3,(H,12,13)(H,14,15)(H,16,17)(H,18,19)(H,20,21). The van der Waals surface area contributed by atoms with E-state index in [9.17, 15) is 24.0 Å². The molecule has 0 saturated heterocycles. The van der Waals surface area contributed by atoms with Crippen LogP contribution in [0.5, 0.6) is 0 Å². The van der Waals surface area contributed by atoms with Gasteiger partial charge in [-0.25, -0.2) is 0 Å². The third-order valence-electron chi connectivity index (χ3n) is 3.17. The first-order valence-electron chi connectivity index (χ1n) is 5.58. The highest BCUT2D eigenvalue weighted by Crippen LogP contribution is 2.34. The van der Waals surface area contributed by atoms with Crippen molar-refractivity contribution in [1.82, 2.24) is 0 Å².